The molecular formula is C11H22O5. The van der Waals surface area contributed by atoms with Crippen molar-refractivity contribution in [2.45, 2.75) is 0 Å². The number of methoxy groups -OCH3 is 1. The predicted octanol–water partition coefficient (Wildman–Crippen LogP) is 0.231. The Morgan fingerprint density at radius 3 is 1.94 bits per heavy atom. The van der Waals surface area contributed by atoms with E-state index in [0.717, 1.165) is 0 Å². The summed E-state index contributed by atoms with van der Waals surface area (Å²) in [5.74, 6) is 0. The van der Waals surface area contributed by atoms with Crippen molar-refractivity contribution in [1.82, 2.24) is 0 Å². The Kier molecular flexibility index (Phi) is 14.1. The molecule has 0 aromatic carbocycles. The number of hydrogen-bond acceptors (Lipinski definition) is 5. The zero-order valence-corrected chi connectivity index (χ0v) is 9.89. The van der Waals surface area contributed by atoms with Gasteiger partial charge in [-0.3, -0.25) is 0 Å². The first-order chi connectivity index (χ1) is 7.91. The molecule has 0 aromatic rings. The van der Waals surface area contributed by atoms with Crippen molar-refractivity contribution >= 4 is 0 Å². The fraction of sp³-hybridized carbons (Fsp3) is 0.818. The normalized spacial score (nSPS) is 11.4. The molecule has 0 aliphatic rings. The van der Waals surface area contributed by atoms with Crippen LogP contribution in [0, 0.1) is 0 Å². The lowest BCUT2D eigenvalue weighted by Gasteiger charge is -2.05. The lowest BCUT2D eigenvalue weighted by atomic mass is 10.5. The zero-order chi connectivity index (χ0) is 11.9. The molecule has 0 aliphatic heterocycles. The second-order valence-electron chi connectivity index (χ2n) is 2.95. The monoisotopic (exact) mass is 234 g/mol. The van der Waals surface area contributed by atoms with Crippen LogP contribution in [0.5, 0.6) is 0 Å². The van der Waals surface area contributed by atoms with Gasteiger partial charge in [-0.2, -0.15) is 0 Å². The molecule has 96 valence electrons. The van der Waals surface area contributed by atoms with Gasteiger partial charge in [0.1, 0.15) is 0 Å². The van der Waals surface area contributed by atoms with Gasteiger partial charge in [-0.1, -0.05) is 12.2 Å². The third kappa shape index (κ3) is 13.5. The average Bonchev–Trinajstić information content (AvgIpc) is 2.31. The van der Waals surface area contributed by atoms with Crippen LogP contribution in [0.15, 0.2) is 12.2 Å². The molecule has 0 radical (unpaired) electrons. The van der Waals surface area contributed by atoms with E-state index in [2.05, 4.69) is 0 Å². The van der Waals surface area contributed by atoms with Crippen LogP contribution in [-0.4, -0.2) is 65.1 Å². The van der Waals surface area contributed by atoms with Crippen LogP contribution in [0.25, 0.3) is 0 Å². The third-order valence-corrected chi connectivity index (χ3v) is 1.66. The van der Waals surface area contributed by atoms with E-state index in [0.29, 0.717) is 46.2 Å². The van der Waals surface area contributed by atoms with E-state index in [-0.39, 0.29) is 6.61 Å². The van der Waals surface area contributed by atoms with E-state index in [1.54, 1.807) is 19.3 Å². The third-order valence-electron chi connectivity index (χ3n) is 1.66. The summed E-state index contributed by atoms with van der Waals surface area (Å²) in [6, 6.07) is 0. The molecule has 16 heavy (non-hydrogen) atoms. The molecule has 0 saturated heterocycles. The van der Waals surface area contributed by atoms with Crippen molar-refractivity contribution in [3.8, 4) is 0 Å². The van der Waals surface area contributed by atoms with Gasteiger partial charge in [-0.25, -0.2) is 0 Å². The molecule has 0 fully saturated rings. The van der Waals surface area contributed by atoms with Crippen LogP contribution in [0.3, 0.4) is 0 Å². The first-order valence-corrected chi connectivity index (χ1v) is 5.40. The van der Waals surface area contributed by atoms with Gasteiger partial charge in [0.25, 0.3) is 0 Å². The predicted molar refractivity (Wildman–Crippen MR) is 60.6 cm³/mol. The minimum absolute atomic E-state index is 0.0542. The summed E-state index contributed by atoms with van der Waals surface area (Å²) < 4.78 is 20.5. The van der Waals surface area contributed by atoms with Crippen molar-refractivity contribution in [3.05, 3.63) is 12.2 Å². The highest BCUT2D eigenvalue weighted by Crippen LogP contribution is 1.82. The highest BCUT2D eigenvalue weighted by molar-refractivity contribution is 4.80. The van der Waals surface area contributed by atoms with Gasteiger partial charge in [-0.15, -0.1) is 0 Å². The van der Waals surface area contributed by atoms with E-state index >= 15 is 0 Å². The van der Waals surface area contributed by atoms with Crippen LogP contribution in [0.1, 0.15) is 0 Å². The van der Waals surface area contributed by atoms with Crippen LogP contribution < -0.4 is 0 Å². The van der Waals surface area contributed by atoms with E-state index in [4.69, 9.17) is 24.1 Å². The fourth-order valence-corrected chi connectivity index (χ4v) is 0.876. The molecule has 0 heterocycles. The maximum atomic E-state index is 8.44. The van der Waals surface area contributed by atoms with Crippen molar-refractivity contribution in [2.24, 2.45) is 0 Å². The summed E-state index contributed by atoms with van der Waals surface area (Å²) in [5, 5.41) is 8.44. The maximum Gasteiger partial charge on any atom is 0.0704 e. The lowest BCUT2D eigenvalue weighted by Crippen LogP contribution is -2.11. The summed E-state index contributed by atoms with van der Waals surface area (Å²) in [4.78, 5) is 0. The lowest BCUT2D eigenvalue weighted by molar-refractivity contribution is 0.00705. The highest BCUT2D eigenvalue weighted by atomic mass is 16.6. The summed E-state index contributed by atoms with van der Waals surface area (Å²) in [5.41, 5.74) is 0. The summed E-state index contributed by atoms with van der Waals surface area (Å²) in [6.45, 7) is 4.03. The van der Waals surface area contributed by atoms with E-state index in [1.807, 2.05) is 0 Å². The van der Waals surface area contributed by atoms with Gasteiger partial charge in [-0.05, 0) is 0 Å². The van der Waals surface area contributed by atoms with Gasteiger partial charge >= 0.3 is 0 Å². The molecule has 0 aliphatic carbocycles. The molecular weight excluding hydrogens is 212 g/mol. The van der Waals surface area contributed by atoms with Crippen molar-refractivity contribution in [3.63, 3.8) is 0 Å². The average molecular weight is 234 g/mol. The SMILES string of the molecule is COCCOCCOCCOCC=CCO. The molecule has 0 atom stereocenters. The van der Waals surface area contributed by atoms with Crippen LogP contribution in [-0.2, 0) is 18.9 Å². The smallest absolute Gasteiger partial charge is 0.0704 e. The second kappa shape index (κ2) is 14.5. The Morgan fingerprint density at radius 1 is 0.812 bits per heavy atom. The van der Waals surface area contributed by atoms with Gasteiger partial charge < -0.3 is 24.1 Å². The minimum atomic E-state index is 0.0542. The molecule has 0 spiro atoms. The quantitative estimate of drug-likeness (QED) is 0.387. The number of aliphatic hydroxyl groups is 1. The summed E-state index contributed by atoms with van der Waals surface area (Å²) in [7, 11) is 1.64. The Balaban J connectivity index is 2.90. The molecule has 0 saturated carbocycles. The molecule has 5 heteroatoms. The Labute approximate surface area is 96.9 Å². The molecule has 5 nitrogen and oxygen atoms in total. The number of ether oxygens (including phenoxy) is 4. The van der Waals surface area contributed by atoms with Gasteiger partial charge in [0.15, 0.2) is 0 Å². The Hall–Kier alpha value is -0.460. The first-order valence-electron chi connectivity index (χ1n) is 5.40. The maximum absolute atomic E-state index is 8.44. The highest BCUT2D eigenvalue weighted by Gasteiger charge is 1.90. The minimum Gasteiger partial charge on any atom is -0.392 e. The van der Waals surface area contributed by atoms with Crippen LogP contribution in [0.2, 0.25) is 0 Å². The van der Waals surface area contributed by atoms with E-state index in [1.165, 1.54) is 0 Å². The summed E-state index contributed by atoms with van der Waals surface area (Å²) in [6.07, 6.45) is 3.42. The van der Waals surface area contributed by atoms with Crippen molar-refractivity contribution < 1.29 is 24.1 Å². The topological polar surface area (TPSA) is 57.2 Å². The van der Waals surface area contributed by atoms with Gasteiger partial charge in [0.2, 0.25) is 0 Å². The molecule has 0 unspecified atom stereocenters. The molecule has 1 N–H and O–H groups in total. The number of hydrogen-bond donors (Lipinski definition) is 1. The van der Waals surface area contributed by atoms with Crippen molar-refractivity contribution in [2.75, 3.05) is 60.0 Å². The zero-order valence-electron chi connectivity index (χ0n) is 9.89. The molecule has 0 rings (SSSR count). The van der Waals surface area contributed by atoms with E-state index in [9.17, 15) is 0 Å². The first kappa shape index (κ1) is 15.5. The number of rotatable bonds is 12. The van der Waals surface area contributed by atoms with Crippen molar-refractivity contribution in [1.29, 1.82) is 0 Å². The summed E-state index contributed by atoms with van der Waals surface area (Å²) >= 11 is 0. The standard InChI is InChI=1S/C11H22O5/c1-13-6-7-15-10-11-16-9-8-14-5-3-2-4-12/h2-3,12H,4-11H2,1H3. The number of aliphatic hydroxyl groups excluding tert-OH is 1. The van der Waals surface area contributed by atoms with Crippen LogP contribution in [0.4, 0.5) is 0 Å². The molecule has 0 amide bonds. The largest absolute Gasteiger partial charge is 0.392 e. The Bertz CT molecular complexity index is 149. The second-order valence-corrected chi connectivity index (χ2v) is 2.95. The van der Waals surface area contributed by atoms with Gasteiger partial charge in [0, 0.05) is 7.11 Å². The molecule has 0 aromatic heterocycles. The Morgan fingerprint density at radius 2 is 1.38 bits per heavy atom. The van der Waals surface area contributed by atoms with E-state index < -0.39 is 0 Å². The van der Waals surface area contributed by atoms with Gasteiger partial charge in [0.05, 0.1) is 52.9 Å². The fourth-order valence-electron chi connectivity index (χ4n) is 0.876. The van der Waals surface area contributed by atoms with Crippen LogP contribution >= 0.6 is 0 Å². The molecule has 0 bridgehead atoms.